The maximum absolute atomic E-state index is 12.8. The molecule has 0 saturated heterocycles. The van der Waals surface area contributed by atoms with E-state index in [-0.39, 0.29) is 6.61 Å². The lowest BCUT2D eigenvalue weighted by atomic mass is 9.92. The molecular weight excluding hydrogens is 454 g/mol. The van der Waals surface area contributed by atoms with Crippen molar-refractivity contribution in [3.63, 3.8) is 0 Å². The minimum absolute atomic E-state index is 0.229. The lowest BCUT2D eigenvalue weighted by molar-refractivity contribution is -0.147. The van der Waals surface area contributed by atoms with Crippen LogP contribution >= 0.6 is 0 Å². The molecule has 1 amide bonds. The number of benzene rings is 2. The molecule has 0 unspecified atom stereocenters. The van der Waals surface area contributed by atoms with Gasteiger partial charge < -0.3 is 28.4 Å². The molecule has 0 fully saturated rings. The van der Waals surface area contributed by atoms with Crippen LogP contribution in [-0.2, 0) is 27.3 Å². The van der Waals surface area contributed by atoms with Gasteiger partial charge in [0, 0.05) is 12.1 Å². The summed E-state index contributed by atoms with van der Waals surface area (Å²) in [6.07, 6.45) is -0.0155. The number of hydrogen-bond donors (Lipinski definition) is 0. The number of carbonyl (C=O) groups is 2. The molecule has 0 saturated carbocycles. The molecule has 1 aliphatic heterocycles. The molecule has 9 heteroatoms. The molecule has 0 N–H and O–H groups in total. The molecule has 1 aliphatic rings. The highest BCUT2D eigenvalue weighted by Gasteiger charge is 2.39. The molecule has 0 aromatic heterocycles. The molecule has 0 bridgehead atoms. The average Bonchev–Trinajstić information content (AvgIpc) is 2.84. The number of hydrogen-bond acceptors (Lipinski definition) is 8. The predicted octanol–water partition coefficient (Wildman–Crippen LogP) is 4.30. The molecule has 2 aromatic rings. The molecule has 1 atom stereocenters. The zero-order valence-electron chi connectivity index (χ0n) is 21.3. The van der Waals surface area contributed by atoms with Crippen LogP contribution in [0, 0.1) is 0 Å². The minimum Gasteiger partial charge on any atom is -0.493 e. The first kappa shape index (κ1) is 26.0. The number of amides is 1. The molecule has 0 spiro atoms. The predicted molar refractivity (Wildman–Crippen MR) is 128 cm³/mol. The van der Waals surface area contributed by atoms with Crippen molar-refractivity contribution >= 4 is 12.1 Å². The molecule has 35 heavy (non-hydrogen) atoms. The lowest BCUT2D eigenvalue weighted by Gasteiger charge is -2.36. The molecule has 9 nitrogen and oxygen atoms in total. The van der Waals surface area contributed by atoms with Gasteiger partial charge in [0.1, 0.15) is 18.0 Å². The lowest BCUT2D eigenvalue weighted by Crippen LogP contribution is -2.46. The molecule has 2 aromatic carbocycles. The summed E-state index contributed by atoms with van der Waals surface area (Å²) in [5.74, 6) is 1.68. The van der Waals surface area contributed by atoms with Crippen molar-refractivity contribution in [3.8, 4) is 23.0 Å². The molecule has 0 radical (unpaired) electrons. The Labute approximate surface area is 205 Å². The summed E-state index contributed by atoms with van der Waals surface area (Å²) in [4.78, 5) is 26.8. The second-order valence-corrected chi connectivity index (χ2v) is 8.99. The van der Waals surface area contributed by atoms with Crippen molar-refractivity contribution in [2.24, 2.45) is 0 Å². The molecule has 1 heterocycles. The summed E-state index contributed by atoms with van der Waals surface area (Å²) in [5, 5.41) is 0. The summed E-state index contributed by atoms with van der Waals surface area (Å²) < 4.78 is 32.8. The Morgan fingerprint density at radius 3 is 2.29 bits per heavy atom. The fourth-order valence-electron chi connectivity index (χ4n) is 4.01. The van der Waals surface area contributed by atoms with E-state index in [1.54, 1.807) is 60.3 Å². The molecule has 0 aliphatic carbocycles. The van der Waals surface area contributed by atoms with Gasteiger partial charge in [-0.2, -0.15) is 0 Å². The van der Waals surface area contributed by atoms with Crippen molar-refractivity contribution in [1.82, 2.24) is 4.90 Å². The first-order valence-electron chi connectivity index (χ1n) is 11.2. The third-order valence-electron chi connectivity index (χ3n) is 5.58. The van der Waals surface area contributed by atoms with E-state index in [0.717, 1.165) is 11.1 Å². The van der Waals surface area contributed by atoms with E-state index in [2.05, 4.69) is 0 Å². The number of esters is 1. The van der Waals surface area contributed by atoms with E-state index in [0.29, 0.717) is 41.5 Å². The van der Waals surface area contributed by atoms with Gasteiger partial charge in [0.05, 0.1) is 28.4 Å². The fraction of sp³-hybridized carbons (Fsp3) is 0.462. The number of methoxy groups -OCH3 is 4. The maximum Gasteiger partial charge on any atom is 0.411 e. The third-order valence-corrected chi connectivity index (χ3v) is 5.58. The number of nitrogens with zero attached hydrogens (tertiary/aromatic N) is 1. The highest BCUT2D eigenvalue weighted by Crippen LogP contribution is 2.40. The van der Waals surface area contributed by atoms with Gasteiger partial charge in [-0.15, -0.1) is 0 Å². The summed E-state index contributed by atoms with van der Waals surface area (Å²) in [7, 11) is 5.97. The third kappa shape index (κ3) is 5.72. The van der Waals surface area contributed by atoms with Crippen LogP contribution in [0.4, 0.5) is 4.79 Å². The first-order chi connectivity index (χ1) is 16.6. The van der Waals surface area contributed by atoms with Gasteiger partial charge in [0.15, 0.2) is 17.5 Å². The molecule has 3 rings (SSSR count). The van der Waals surface area contributed by atoms with Gasteiger partial charge in [0.2, 0.25) is 5.75 Å². The Morgan fingerprint density at radius 2 is 1.69 bits per heavy atom. The largest absolute Gasteiger partial charge is 0.493 e. The highest BCUT2D eigenvalue weighted by molar-refractivity contribution is 5.84. The van der Waals surface area contributed by atoms with E-state index in [1.165, 1.54) is 12.0 Å². The second kappa shape index (κ2) is 10.8. The summed E-state index contributed by atoms with van der Waals surface area (Å²) in [6, 6.07) is 8.18. The number of carbonyl (C=O) groups excluding carboxylic acids is 2. The van der Waals surface area contributed by atoms with Crippen LogP contribution in [0.5, 0.6) is 23.0 Å². The minimum atomic E-state index is -0.890. The summed E-state index contributed by atoms with van der Waals surface area (Å²) in [6.45, 7) is 5.90. The first-order valence-corrected chi connectivity index (χ1v) is 11.2. The highest BCUT2D eigenvalue weighted by atomic mass is 16.6. The fourth-order valence-corrected chi connectivity index (χ4v) is 4.01. The van der Waals surface area contributed by atoms with Gasteiger partial charge in [0.25, 0.3) is 0 Å². The van der Waals surface area contributed by atoms with E-state index in [1.807, 2.05) is 12.1 Å². The van der Waals surface area contributed by atoms with Crippen molar-refractivity contribution < 1.29 is 38.0 Å². The van der Waals surface area contributed by atoms with Crippen molar-refractivity contribution in [2.75, 3.05) is 35.0 Å². The van der Waals surface area contributed by atoms with Crippen molar-refractivity contribution in [1.29, 1.82) is 0 Å². The Kier molecular flexibility index (Phi) is 7.99. The van der Waals surface area contributed by atoms with Crippen LogP contribution in [0.3, 0.4) is 0 Å². The van der Waals surface area contributed by atoms with Gasteiger partial charge in [-0.05, 0) is 62.6 Å². The molecular formula is C26H33NO8. The topological polar surface area (TPSA) is 92.8 Å². The Hall–Kier alpha value is -3.62. The van der Waals surface area contributed by atoms with Crippen LogP contribution in [0.1, 0.15) is 43.5 Å². The van der Waals surface area contributed by atoms with Crippen LogP contribution < -0.4 is 18.9 Å². The second-order valence-electron chi connectivity index (χ2n) is 8.99. The SMILES string of the molecule is COC(=O)[C@H]1c2ccc(OCc3ccc(OC)c(OC)c3OC)cc2CCN1C(=O)OC(C)(C)C. The monoisotopic (exact) mass is 487 g/mol. The van der Waals surface area contributed by atoms with Gasteiger partial charge in [-0.1, -0.05) is 6.07 Å². The summed E-state index contributed by atoms with van der Waals surface area (Å²) >= 11 is 0. The number of fused-ring (bicyclic) bond motifs is 1. The Morgan fingerprint density at radius 1 is 0.971 bits per heavy atom. The smallest absolute Gasteiger partial charge is 0.411 e. The summed E-state index contributed by atoms with van der Waals surface area (Å²) in [5.41, 5.74) is 1.69. The van der Waals surface area contributed by atoms with Crippen molar-refractivity contribution in [3.05, 3.63) is 47.0 Å². The number of ether oxygens (including phenoxy) is 6. The van der Waals surface area contributed by atoms with Crippen LogP contribution in [-0.4, -0.2) is 57.5 Å². The average molecular weight is 488 g/mol. The zero-order chi connectivity index (χ0) is 25.8. The van der Waals surface area contributed by atoms with E-state index in [4.69, 9.17) is 28.4 Å². The van der Waals surface area contributed by atoms with Crippen LogP contribution in [0.15, 0.2) is 30.3 Å². The van der Waals surface area contributed by atoms with Crippen molar-refractivity contribution in [2.45, 2.75) is 45.4 Å². The Balaban J connectivity index is 1.84. The van der Waals surface area contributed by atoms with Crippen LogP contribution in [0.25, 0.3) is 0 Å². The van der Waals surface area contributed by atoms with Crippen LogP contribution in [0.2, 0.25) is 0 Å². The van der Waals surface area contributed by atoms with E-state index < -0.39 is 23.7 Å². The van der Waals surface area contributed by atoms with Gasteiger partial charge in [-0.25, -0.2) is 9.59 Å². The van der Waals surface area contributed by atoms with Gasteiger partial charge in [-0.3, -0.25) is 4.90 Å². The quantitative estimate of drug-likeness (QED) is 0.534. The van der Waals surface area contributed by atoms with E-state index in [9.17, 15) is 9.59 Å². The Bertz CT molecular complexity index is 1080. The normalized spacial score (nSPS) is 15.1. The molecule has 190 valence electrons. The number of rotatable bonds is 7. The zero-order valence-corrected chi connectivity index (χ0v) is 21.3. The van der Waals surface area contributed by atoms with Gasteiger partial charge >= 0.3 is 12.1 Å². The standard InChI is InChI=1S/C26H33NO8/c1-26(2,3)35-25(29)27-13-12-16-14-18(9-10-19(16)21(27)24(28)33-7)34-15-17-8-11-20(30-4)23(32-6)22(17)31-5/h8-11,14,21H,12-13,15H2,1-7H3/t21-/m1/s1. The maximum atomic E-state index is 12.8. The van der Waals surface area contributed by atoms with E-state index >= 15 is 0 Å².